The van der Waals surface area contributed by atoms with E-state index in [0.717, 1.165) is 13.1 Å². The minimum atomic E-state index is -0.623. The van der Waals surface area contributed by atoms with E-state index in [-0.39, 0.29) is 11.0 Å². The first-order chi connectivity index (χ1) is 7.31. The zero-order valence-electron chi connectivity index (χ0n) is 13.0. The molecule has 3 heteroatoms. The zero-order valence-corrected chi connectivity index (χ0v) is 13.0. The predicted molar refractivity (Wildman–Crippen MR) is 75.3 cm³/mol. The van der Waals surface area contributed by atoms with E-state index in [1.807, 2.05) is 13.8 Å². The van der Waals surface area contributed by atoms with Crippen LogP contribution in [0.15, 0.2) is 0 Å². The van der Waals surface area contributed by atoms with Crippen LogP contribution in [-0.4, -0.2) is 47.8 Å². The Morgan fingerprint density at radius 2 is 1.41 bits per heavy atom. The van der Waals surface area contributed by atoms with Gasteiger partial charge in [-0.1, -0.05) is 13.8 Å². The third-order valence-corrected chi connectivity index (χ3v) is 2.45. The van der Waals surface area contributed by atoms with Gasteiger partial charge in [-0.05, 0) is 47.1 Å². The van der Waals surface area contributed by atoms with Crippen LogP contribution in [0.5, 0.6) is 0 Å². The van der Waals surface area contributed by atoms with E-state index in [1.54, 1.807) is 0 Å². The third kappa shape index (κ3) is 10.7. The Morgan fingerprint density at radius 1 is 0.941 bits per heavy atom. The number of hydrogen-bond acceptors (Lipinski definition) is 3. The first-order valence-corrected chi connectivity index (χ1v) is 6.47. The summed E-state index contributed by atoms with van der Waals surface area (Å²) in [5, 5.41) is 13.3. The Bertz CT molecular complexity index is 223. The quantitative estimate of drug-likeness (QED) is 0.751. The molecule has 0 unspecified atom stereocenters. The van der Waals surface area contributed by atoms with Gasteiger partial charge in [-0.2, -0.15) is 0 Å². The minimum Gasteiger partial charge on any atom is -0.389 e. The number of rotatable bonds is 6. The molecule has 17 heavy (non-hydrogen) atoms. The van der Waals surface area contributed by atoms with Crippen LogP contribution >= 0.6 is 0 Å². The van der Waals surface area contributed by atoms with Crippen molar-refractivity contribution in [2.24, 2.45) is 5.41 Å². The number of aliphatic hydroxyl groups is 1. The maximum absolute atomic E-state index is 9.79. The van der Waals surface area contributed by atoms with Gasteiger partial charge in [0.15, 0.2) is 0 Å². The Kier molecular flexibility index (Phi) is 5.64. The second-order valence-corrected chi connectivity index (χ2v) is 7.75. The molecular formula is C14H32N2O. The second-order valence-electron chi connectivity index (χ2n) is 7.75. The molecule has 0 spiro atoms. The van der Waals surface area contributed by atoms with Crippen LogP contribution in [0.4, 0.5) is 0 Å². The van der Waals surface area contributed by atoms with Crippen molar-refractivity contribution in [3.05, 3.63) is 0 Å². The van der Waals surface area contributed by atoms with E-state index in [2.05, 4.69) is 51.9 Å². The van der Waals surface area contributed by atoms with Gasteiger partial charge < -0.3 is 15.3 Å². The lowest BCUT2D eigenvalue weighted by Gasteiger charge is -2.35. The largest absolute Gasteiger partial charge is 0.389 e. The van der Waals surface area contributed by atoms with Gasteiger partial charge in [-0.15, -0.1) is 0 Å². The molecule has 0 saturated heterocycles. The minimum absolute atomic E-state index is 0.159. The number of likely N-dealkylation sites (N-methyl/N-ethyl adjacent to an activating group) is 1. The zero-order chi connectivity index (χ0) is 13.9. The summed E-state index contributed by atoms with van der Waals surface area (Å²) in [6, 6.07) is 0. The summed E-state index contributed by atoms with van der Waals surface area (Å²) in [6.07, 6.45) is 0. The van der Waals surface area contributed by atoms with Crippen molar-refractivity contribution in [3.63, 3.8) is 0 Å². The summed E-state index contributed by atoms with van der Waals surface area (Å²) < 4.78 is 0. The molecule has 0 amide bonds. The molecule has 0 saturated carbocycles. The monoisotopic (exact) mass is 244 g/mol. The lowest BCUT2D eigenvalue weighted by molar-refractivity contribution is 0.0334. The fourth-order valence-electron chi connectivity index (χ4n) is 2.01. The van der Waals surface area contributed by atoms with Crippen molar-refractivity contribution >= 4 is 0 Å². The highest BCUT2D eigenvalue weighted by atomic mass is 16.3. The fraction of sp³-hybridized carbons (Fsp3) is 1.00. The summed E-state index contributed by atoms with van der Waals surface area (Å²) >= 11 is 0. The molecule has 0 rings (SSSR count). The molecule has 104 valence electrons. The summed E-state index contributed by atoms with van der Waals surface area (Å²) in [4.78, 5) is 2.20. The van der Waals surface area contributed by atoms with Crippen LogP contribution in [0.25, 0.3) is 0 Å². The van der Waals surface area contributed by atoms with E-state index in [4.69, 9.17) is 0 Å². The molecule has 0 atom stereocenters. The van der Waals surface area contributed by atoms with Crippen LogP contribution in [0.2, 0.25) is 0 Å². The lowest BCUT2D eigenvalue weighted by atomic mass is 9.91. The Labute approximate surface area is 108 Å². The molecular weight excluding hydrogens is 212 g/mol. The van der Waals surface area contributed by atoms with E-state index in [1.165, 1.54) is 0 Å². The van der Waals surface area contributed by atoms with Gasteiger partial charge in [0.05, 0.1) is 5.60 Å². The molecule has 0 aliphatic carbocycles. The van der Waals surface area contributed by atoms with Crippen molar-refractivity contribution in [3.8, 4) is 0 Å². The summed E-state index contributed by atoms with van der Waals surface area (Å²) in [5.41, 5.74) is -0.262. The van der Waals surface area contributed by atoms with E-state index < -0.39 is 5.60 Å². The van der Waals surface area contributed by atoms with Gasteiger partial charge >= 0.3 is 0 Å². The SMILES string of the molecule is CN(CC(C)(C)O)CC(C)(C)CNC(C)(C)C. The van der Waals surface area contributed by atoms with Crippen LogP contribution in [-0.2, 0) is 0 Å². The van der Waals surface area contributed by atoms with Crippen molar-refractivity contribution in [1.82, 2.24) is 10.2 Å². The molecule has 0 aliphatic heterocycles. The van der Waals surface area contributed by atoms with Crippen LogP contribution in [0, 0.1) is 5.41 Å². The molecule has 0 aromatic heterocycles. The normalized spacial score (nSPS) is 14.5. The summed E-state index contributed by atoms with van der Waals surface area (Å²) in [6.45, 7) is 17.4. The molecule has 3 nitrogen and oxygen atoms in total. The summed E-state index contributed by atoms with van der Waals surface area (Å²) in [7, 11) is 2.07. The Hall–Kier alpha value is -0.120. The van der Waals surface area contributed by atoms with E-state index in [9.17, 15) is 5.11 Å². The standard InChI is InChI=1S/C14H32N2O/c1-12(2,3)15-9-13(4,5)10-16(8)11-14(6,7)17/h15,17H,9-11H2,1-8H3. The lowest BCUT2D eigenvalue weighted by Crippen LogP contribution is -2.47. The first-order valence-electron chi connectivity index (χ1n) is 6.47. The molecule has 0 aromatic carbocycles. The maximum atomic E-state index is 9.79. The van der Waals surface area contributed by atoms with Gasteiger partial charge in [0.25, 0.3) is 0 Å². The molecule has 0 bridgehead atoms. The van der Waals surface area contributed by atoms with E-state index >= 15 is 0 Å². The second kappa shape index (κ2) is 5.68. The summed E-state index contributed by atoms with van der Waals surface area (Å²) in [5.74, 6) is 0. The average molecular weight is 244 g/mol. The Balaban J connectivity index is 4.16. The van der Waals surface area contributed by atoms with Crippen LogP contribution < -0.4 is 5.32 Å². The highest BCUT2D eigenvalue weighted by molar-refractivity contribution is 4.81. The molecule has 0 heterocycles. The van der Waals surface area contributed by atoms with Crippen LogP contribution in [0.1, 0.15) is 48.5 Å². The molecule has 0 aliphatic rings. The first kappa shape index (κ1) is 16.9. The van der Waals surface area contributed by atoms with Crippen molar-refractivity contribution < 1.29 is 5.11 Å². The highest BCUT2D eigenvalue weighted by Crippen LogP contribution is 2.18. The smallest absolute Gasteiger partial charge is 0.0718 e. The van der Waals surface area contributed by atoms with Crippen molar-refractivity contribution in [1.29, 1.82) is 0 Å². The molecule has 0 aromatic rings. The van der Waals surface area contributed by atoms with Crippen molar-refractivity contribution in [2.75, 3.05) is 26.7 Å². The van der Waals surface area contributed by atoms with Gasteiger partial charge in [0, 0.05) is 25.2 Å². The molecule has 0 radical (unpaired) electrons. The Morgan fingerprint density at radius 3 is 1.76 bits per heavy atom. The average Bonchev–Trinajstić information content (AvgIpc) is 1.94. The number of nitrogens with one attached hydrogen (secondary N) is 1. The number of nitrogens with zero attached hydrogens (tertiary/aromatic N) is 1. The number of hydrogen-bond donors (Lipinski definition) is 2. The van der Waals surface area contributed by atoms with Gasteiger partial charge in [-0.3, -0.25) is 0 Å². The maximum Gasteiger partial charge on any atom is 0.0718 e. The molecule has 2 N–H and O–H groups in total. The highest BCUT2D eigenvalue weighted by Gasteiger charge is 2.24. The van der Waals surface area contributed by atoms with E-state index in [0.29, 0.717) is 6.54 Å². The molecule has 0 fully saturated rings. The van der Waals surface area contributed by atoms with Crippen molar-refractivity contribution in [2.45, 2.75) is 59.6 Å². The van der Waals surface area contributed by atoms with Gasteiger partial charge in [0.1, 0.15) is 0 Å². The van der Waals surface area contributed by atoms with Crippen LogP contribution in [0.3, 0.4) is 0 Å². The predicted octanol–water partition coefficient (Wildman–Crippen LogP) is 2.10. The third-order valence-electron chi connectivity index (χ3n) is 2.45. The van der Waals surface area contributed by atoms with Gasteiger partial charge in [-0.25, -0.2) is 0 Å². The van der Waals surface area contributed by atoms with Gasteiger partial charge in [0.2, 0.25) is 0 Å². The fourth-order valence-corrected chi connectivity index (χ4v) is 2.01. The topological polar surface area (TPSA) is 35.5 Å².